The maximum absolute atomic E-state index is 5.33. The van der Waals surface area contributed by atoms with E-state index in [1.54, 1.807) is 14.2 Å². The van der Waals surface area contributed by atoms with E-state index in [2.05, 4.69) is 34.3 Å². The van der Waals surface area contributed by atoms with Crippen molar-refractivity contribution < 1.29 is 9.47 Å². The quantitative estimate of drug-likeness (QED) is 0.731. The maximum Gasteiger partial charge on any atom is 0.201 e. The number of methoxy groups -OCH3 is 2. The van der Waals surface area contributed by atoms with Crippen molar-refractivity contribution in [1.29, 1.82) is 0 Å². The molecule has 0 atom stereocenters. The Hall–Kier alpha value is -2.69. The Bertz CT molecular complexity index is 811. The van der Waals surface area contributed by atoms with E-state index >= 15 is 0 Å². The van der Waals surface area contributed by atoms with Crippen molar-refractivity contribution in [1.82, 2.24) is 9.97 Å². The van der Waals surface area contributed by atoms with Crippen LogP contribution in [0.4, 0.5) is 5.95 Å². The van der Waals surface area contributed by atoms with E-state index in [4.69, 9.17) is 9.47 Å². The number of aryl methyl sites for hydroxylation is 1. The minimum Gasteiger partial charge on any atom is -0.493 e. The number of fused-ring (bicyclic) bond motifs is 1. The molecule has 2 aromatic carbocycles. The highest BCUT2D eigenvalue weighted by Gasteiger charge is 2.05. The van der Waals surface area contributed by atoms with E-state index in [0.717, 1.165) is 41.4 Å². The summed E-state index contributed by atoms with van der Waals surface area (Å²) in [4.78, 5) is 7.83. The highest BCUT2D eigenvalue weighted by Crippen LogP contribution is 2.27. The van der Waals surface area contributed by atoms with Crippen molar-refractivity contribution in [3.8, 4) is 11.5 Å². The first-order valence-electron chi connectivity index (χ1n) is 7.61. The summed E-state index contributed by atoms with van der Waals surface area (Å²) in [5.74, 6) is 2.30. The van der Waals surface area contributed by atoms with Crippen LogP contribution in [-0.4, -0.2) is 30.7 Å². The molecular formula is C18H21N3O2. The van der Waals surface area contributed by atoms with Crippen LogP contribution in [-0.2, 0) is 6.42 Å². The summed E-state index contributed by atoms with van der Waals surface area (Å²) >= 11 is 0. The van der Waals surface area contributed by atoms with Crippen molar-refractivity contribution >= 4 is 17.0 Å². The van der Waals surface area contributed by atoms with Gasteiger partial charge in [-0.15, -0.1) is 0 Å². The summed E-state index contributed by atoms with van der Waals surface area (Å²) < 4.78 is 10.6. The average molecular weight is 311 g/mol. The molecule has 0 fully saturated rings. The molecule has 0 saturated carbocycles. The predicted octanol–water partition coefficient (Wildman–Crippen LogP) is 3.54. The van der Waals surface area contributed by atoms with Crippen LogP contribution in [0.1, 0.15) is 11.1 Å². The number of nitrogens with one attached hydrogen (secondary N) is 2. The SMILES string of the molecule is COc1ccc(CCNc2nc3ccc(C)cc3[nH]2)cc1OC. The van der Waals surface area contributed by atoms with Crippen molar-refractivity contribution in [3.05, 3.63) is 47.5 Å². The van der Waals surface area contributed by atoms with Crippen LogP contribution in [0.3, 0.4) is 0 Å². The van der Waals surface area contributed by atoms with E-state index in [9.17, 15) is 0 Å². The number of hydrogen-bond donors (Lipinski definition) is 2. The molecule has 23 heavy (non-hydrogen) atoms. The van der Waals surface area contributed by atoms with Gasteiger partial charge in [-0.2, -0.15) is 0 Å². The van der Waals surface area contributed by atoms with Crippen LogP contribution < -0.4 is 14.8 Å². The lowest BCUT2D eigenvalue weighted by Gasteiger charge is -2.09. The third kappa shape index (κ3) is 3.39. The van der Waals surface area contributed by atoms with Crippen molar-refractivity contribution in [2.75, 3.05) is 26.1 Å². The molecule has 0 amide bonds. The fourth-order valence-corrected chi connectivity index (χ4v) is 2.57. The lowest BCUT2D eigenvalue weighted by atomic mass is 10.1. The molecule has 1 aromatic heterocycles. The summed E-state index contributed by atoms with van der Waals surface area (Å²) in [6.07, 6.45) is 0.871. The molecule has 5 heteroatoms. The van der Waals surface area contributed by atoms with Gasteiger partial charge in [-0.25, -0.2) is 4.98 Å². The van der Waals surface area contributed by atoms with Crippen LogP contribution in [0.5, 0.6) is 11.5 Å². The Morgan fingerprint density at radius 1 is 1.04 bits per heavy atom. The molecular weight excluding hydrogens is 290 g/mol. The molecule has 0 aliphatic rings. The molecule has 0 saturated heterocycles. The second kappa shape index (κ2) is 6.60. The van der Waals surface area contributed by atoms with Gasteiger partial charge in [-0.1, -0.05) is 12.1 Å². The van der Waals surface area contributed by atoms with Gasteiger partial charge in [-0.05, 0) is 48.7 Å². The molecule has 3 aromatic rings. The number of H-pyrrole nitrogens is 1. The van der Waals surface area contributed by atoms with Gasteiger partial charge in [0, 0.05) is 6.54 Å². The predicted molar refractivity (Wildman–Crippen MR) is 92.6 cm³/mol. The summed E-state index contributed by atoms with van der Waals surface area (Å²) in [6.45, 7) is 2.86. The van der Waals surface area contributed by atoms with Crippen LogP contribution in [0.25, 0.3) is 11.0 Å². The third-order valence-electron chi connectivity index (χ3n) is 3.79. The fourth-order valence-electron chi connectivity index (χ4n) is 2.57. The van der Waals surface area contributed by atoms with Gasteiger partial charge in [0.2, 0.25) is 5.95 Å². The molecule has 0 unspecified atom stereocenters. The Morgan fingerprint density at radius 2 is 1.87 bits per heavy atom. The first-order valence-corrected chi connectivity index (χ1v) is 7.61. The summed E-state index contributed by atoms with van der Waals surface area (Å²) in [5, 5.41) is 3.33. The zero-order valence-corrected chi connectivity index (χ0v) is 13.6. The normalized spacial score (nSPS) is 10.7. The number of aromatic amines is 1. The highest BCUT2D eigenvalue weighted by atomic mass is 16.5. The molecule has 0 bridgehead atoms. The van der Waals surface area contributed by atoms with Crippen molar-refractivity contribution in [2.45, 2.75) is 13.3 Å². The van der Waals surface area contributed by atoms with E-state index in [-0.39, 0.29) is 0 Å². The topological polar surface area (TPSA) is 59.2 Å². The summed E-state index contributed by atoms with van der Waals surface area (Å²) in [7, 11) is 3.29. The summed E-state index contributed by atoms with van der Waals surface area (Å²) in [5.41, 5.74) is 4.43. The van der Waals surface area contributed by atoms with E-state index in [0.29, 0.717) is 0 Å². The zero-order chi connectivity index (χ0) is 16.2. The average Bonchev–Trinajstić information content (AvgIpc) is 2.96. The second-order valence-electron chi connectivity index (χ2n) is 5.47. The smallest absolute Gasteiger partial charge is 0.201 e. The van der Waals surface area contributed by atoms with Crippen LogP contribution in [0, 0.1) is 6.92 Å². The Labute approximate surface area is 135 Å². The molecule has 2 N–H and O–H groups in total. The minimum atomic E-state index is 0.747. The number of rotatable bonds is 6. The van der Waals surface area contributed by atoms with E-state index < -0.39 is 0 Å². The van der Waals surface area contributed by atoms with Gasteiger partial charge >= 0.3 is 0 Å². The highest BCUT2D eigenvalue weighted by molar-refractivity contribution is 5.78. The Balaban J connectivity index is 1.64. The Morgan fingerprint density at radius 3 is 2.65 bits per heavy atom. The van der Waals surface area contributed by atoms with Gasteiger partial charge in [0.15, 0.2) is 11.5 Å². The first-order chi connectivity index (χ1) is 11.2. The Kier molecular flexibility index (Phi) is 4.37. The number of benzene rings is 2. The second-order valence-corrected chi connectivity index (χ2v) is 5.47. The lowest BCUT2D eigenvalue weighted by Crippen LogP contribution is -2.06. The maximum atomic E-state index is 5.33. The largest absolute Gasteiger partial charge is 0.493 e. The van der Waals surface area contributed by atoms with Crippen LogP contribution >= 0.6 is 0 Å². The molecule has 3 rings (SSSR count). The minimum absolute atomic E-state index is 0.747. The molecule has 120 valence electrons. The van der Waals surface area contributed by atoms with Gasteiger partial charge in [-0.3, -0.25) is 0 Å². The van der Waals surface area contributed by atoms with E-state index in [1.165, 1.54) is 11.1 Å². The zero-order valence-electron chi connectivity index (χ0n) is 13.6. The fraction of sp³-hybridized carbons (Fsp3) is 0.278. The van der Waals surface area contributed by atoms with Gasteiger partial charge < -0.3 is 19.8 Å². The van der Waals surface area contributed by atoms with Crippen molar-refractivity contribution in [3.63, 3.8) is 0 Å². The number of aromatic nitrogens is 2. The van der Waals surface area contributed by atoms with Crippen LogP contribution in [0.2, 0.25) is 0 Å². The monoisotopic (exact) mass is 311 g/mol. The molecule has 0 aliphatic heterocycles. The number of nitrogens with zero attached hydrogens (tertiary/aromatic N) is 1. The lowest BCUT2D eigenvalue weighted by molar-refractivity contribution is 0.354. The van der Waals surface area contributed by atoms with Crippen LogP contribution in [0.15, 0.2) is 36.4 Å². The van der Waals surface area contributed by atoms with Gasteiger partial charge in [0.25, 0.3) is 0 Å². The molecule has 5 nitrogen and oxygen atoms in total. The first kappa shape index (κ1) is 15.2. The molecule has 0 radical (unpaired) electrons. The van der Waals surface area contributed by atoms with Crippen molar-refractivity contribution in [2.24, 2.45) is 0 Å². The van der Waals surface area contributed by atoms with Gasteiger partial charge in [0.1, 0.15) is 0 Å². The standard InChI is InChI=1S/C18H21N3O2/c1-12-4-6-14-15(10-12)21-18(20-14)19-9-8-13-5-7-16(22-2)17(11-13)23-3/h4-7,10-11H,8-9H2,1-3H3,(H2,19,20,21). The molecule has 0 aliphatic carbocycles. The number of ether oxygens (including phenoxy) is 2. The van der Waals surface area contributed by atoms with Gasteiger partial charge in [0.05, 0.1) is 25.3 Å². The molecule has 1 heterocycles. The number of imidazole rings is 1. The number of anilines is 1. The summed E-state index contributed by atoms with van der Waals surface area (Å²) in [6, 6.07) is 12.2. The molecule has 0 spiro atoms. The van der Waals surface area contributed by atoms with E-state index in [1.807, 2.05) is 24.3 Å². The number of hydrogen-bond acceptors (Lipinski definition) is 4. The third-order valence-corrected chi connectivity index (χ3v) is 3.79.